The van der Waals surface area contributed by atoms with Crippen LogP contribution in [0.25, 0.3) is 0 Å². The van der Waals surface area contributed by atoms with Crippen molar-refractivity contribution in [2.75, 3.05) is 0 Å². The molecule has 5 heteroatoms. The lowest BCUT2D eigenvalue weighted by Crippen LogP contribution is -2.38. The highest BCUT2D eigenvalue weighted by molar-refractivity contribution is 6.32. The van der Waals surface area contributed by atoms with Crippen molar-refractivity contribution in [1.29, 1.82) is 0 Å². The van der Waals surface area contributed by atoms with E-state index in [4.69, 9.17) is 11.6 Å². The van der Waals surface area contributed by atoms with E-state index in [9.17, 15) is 19.4 Å². The van der Waals surface area contributed by atoms with Crippen LogP contribution in [0.1, 0.15) is 43.2 Å². The van der Waals surface area contributed by atoms with Crippen molar-refractivity contribution in [2.24, 2.45) is 0 Å². The fourth-order valence-electron chi connectivity index (χ4n) is 3.02. The van der Waals surface area contributed by atoms with E-state index in [1.54, 1.807) is 0 Å². The van der Waals surface area contributed by atoms with E-state index in [-0.39, 0.29) is 21.9 Å². The summed E-state index contributed by atoms with van der Waals surface area (Å²) in [7, 11) is 0. The topological polar surface area (TPSA) is 57.5 Å². The number of carboxylic acids is 1. The number of carbonyl (C=O) groups is 1. The van der Waals surface area contributed by atoms with Crippen LogP contribution in [-0.4, -0.2) is 16.2 Å². The Hall–Kier alpha value is -1.29. The van der Waals surface area contributed by atoms with Gasteiger partial charge in [-0.1, -0.05) is 30.9 Å². The molecule has 3 nitrogen and oxygen atoms in total. The Balaban J connectivity index is 2.70. The number of aliphatic carboxylic acids is 1. The molecule has 0 saturated heterocycles. The van der Waals surface area contributed by atoms with Crippen molar-refractivity contribution in [3.05, 3.63) is 28.0 Å². The lowest BCUT2D eigenvalue weighted by atomic mass is 9.68. The third-order valence-corrected chi connectivity index (χ3v) is 4.33. The monoisotopic (exact) mass is 286 g/mol. The number of benzene rings is 1. The Labute approximate surface area is 116 Å². The fraction of sp³-hybridized carbons (Fsp3) is 0.500. The van der Waals surface area contributed by atoms with Gasteiger partial charge < -0.3 is 10.2 Å². The molecule has 0 amide bonds. The van der Waals surface area contributed by atoms with E-state index in [0.29, 0.717) is 12.8 Å². The molecule has 0 bridgehead atoms. The number of hydrogen-bond donors (Lipinski definition) is 2. The van der Waals surface area contributed by atoms with Gasteiger partial charge in [0.25, 0.3) is 0 Å². The maximum Gasteiger partial charge on any atom is 0.314 e. The van der Waals surface area contributed by atoms with Gasteiger partial charge in [-0.25, -0.2) is 4.39 Å². The van der Waals surface area contributed by atoms with Gasteiger partial charge in [0.15, 0.2) is 0 Å². The molecule has 19 heavy (non-hydrogen) atoms. The molecule has 0 atom stereocenters. The first-order valence-electron chi connectivity index (χ1n) is 6.31. The molecule has 0 spiro atoms. The average Bonchev–Trinajstić information content (AvgIpc) is 2.37. The predicted molar refractivity (Wildman–Crippen MR) is 70.2 cm³/mol. The SMILES string of the molecule is Cc1c(F)cc(Cl)c(O)c1C1(C(=O)O)CCCCC1. The number of halogens is 2. The second kappa shape index (κ2) is 5.00. The van der Waals surface area contributed by atoms with Gasteiger partial charge in [-0.2, -0.15) is 0 Å². The van der Waals surface area contributed by atoms with E-state index in [1.165, 1.54) is 6.92 Å². The van der Waals surface area contributed by atoms with Gasteiger partial charge in [-0.3, -0.25) is 4.79 Å². The Morgan fingerprint density at radius 2 is 1.95 bits per heavy atom. The number of phenols is 1. The van der Waals surface area contributed by atoms with Crippen molar-refractivity contribution >= 4 is 17.6 Å². The zero-order valence-electron chi connectivity index (χ0n) is 10.7. The van der Waals surface area contributed by atoms with E-state index >= 15 is 0 Å². The molecule has 0 aliphatic heterocycles. The maximum atomic E-state index is 13.8. The molecule has 0 unspecified atom stereocenters. The van der Waals surface area contributed by atoms with E-state index in [2.05, 4.69) is 0 Å². The standard InChI is InChI=1S/C14H16ClFO3/c1-8-10(16)7-9(15)12(17)11(8)14(13(18)19)5-3-2-4-6-14/h7,17H,2-6H2,1H3,(H,18,19). The Morgan fingerprint density at radius 1 is 1.37 bits per heavy atom. The van der Waals surface area contributed by atoms with Gasteiger partial charge in [0.1, 0.15) is 11.6 Å². The zero-order valence-corrected chi connectivity index (χ0v) is 11.4. The quantitative estimate of drug-likeness (QED) is 0.870. The first-order valence-corrected chi connectivity index (χ1v) is 6.69. The molecule has 1 aliphatic carbocycles. The van der Waals surface area contributed by atoms with Crippen LogP contribution in [0.3, 0.4) is 0 Å². The number of rotatable bonds is 2. The number of phenolic OH excluding ortho intramolecular Hbond substituents is 1. The van der Waals surface area contributed by atoms with Crippen LogP contribution in [0.5, 0.6) is 5.75 Å². The minimum Gasteiger partial charge on any atom is -0.506 e. The first kappa shape index (κ1) is 14.1. The summed E-state index contributed by atoms with van der Waals surface area (Å²) in [4.78, 5) is 11.7. The van der Waals surface area contributed by atoms with Crippen LogP contribution in [0, 0.1) is 12.7 Å². The first-order chi connectivity index (χ1) is 8.90. The second-order valence-electron chi connectivity index (χ2n) is 5.14. The highest BCUT2D eigenvalue weighted by Crippen LogP contribution is 2.47. The number of hydrogen-bond acceptors (Lipinski definition) is 2. The highest BCUT2D eigenvalue weighted by Gasteiger charge is 2.45. The zero-order chi connectivity index (χ0) is 14.2. The molecule has 1 aromatic rings. The Bertz CT molecular complexity index is 496. The van der Waals surface area contributed by atoms with E-state index in [1.807, 2.05) is 0 Å². The molecule has 104 valence electrons. The Kier molecular flexibility index (Phi) is 3.72. The van der Waals surface area contributed by atoms with Crippen LogP contribution in [0.15, 0.2) is 6.07 Å². The van der Waals surface area contributed by atoms with Crippen molar-refractivity contribution in [3.8, 4) is 5.75 Å². The van der Waals surface area contributed by atoms with E-state index < -0.39 is 17.2 Å². The summed E-state index contributed by atoms with van der Waals surface area (Å²) in [5, 5.41) is 19.6. The Morgan fingerprint density at radius 3 is 2.47 bits per heavy atom. The summed E-state index contributed by atoms with van der Waals surface area (Å²) in [5.41, 5.74) is -0.908. The normalized spacial score (nSPS) is 18.3. The van der Waals surface area contributed by atoms with Gasteiger partial charge in [-0.15, -0.1) is 0 Å². The van der Waals surface area contributed by atoms with Crippen molar-refractivity contribution < 1.29 is 19.4 Å². The fourth-order valence-corrected chi connectivity index (χ4v) is 3.21. The van der Waals surface area contributed by atoms with Gasteiger partial charge >= 0.3 is 5.97 Å². The van der Waals surface area contributed by atoms with Crippen molar-refractivity contribution in [3.63, 3.8) is 0 Å². The third kappa shape index (κ3) is 2.18. The van der Waals surface area contributed by atoms with Gasteiger partial charge in [0, 0.05) is 5.56 Å². The highest BCUT2D eigenvalue weighted by atomic mass is 35.5. The molecular formula is C14H16ClFO3. The van der Waals surface area contributed by atoms with Crippen LogP contribution in [0.4, 0.5) is 4.39 Å². The third-order valence-electron chi connectivity index (χ3n) is 4.04. The summed E-state index contributed by atoms with van der Waals surface area (Å²) < 4.78 is 13.8. The summed E-state index contributed by atoms with van der Waals surface area (Å²) >= 11 is 5.79. The van der Waals surface area contributed by atoms with Crippen LogP contribution >= 0.6 is 11.6 Å². The molecule has 0 radical (unpaired) electrons. The van der Waals surface area contributed by atoms with Gasteiger partial charge in [-0.05, 0) is 31.4 Å². The molecule has 1 fully saturated rings. The molecule has 0 heterocycles. The molecule has 0 aromatic heterocycles. The molecule has 1 saturated carbocycles. The summed E-state index contributed by atoms with van der Waals surface area (Å²) in [6.07, 6.45) is 3.25. The minimum atomic E-state index is -1.22. The van der Waals surface area contributed by atoms with Crippen LogP contribution in [0.2, 0.25) is 5.02 Å². The average molecular weight is 287 g/mol. The summed E-state index contributed by atoms with van der Waals surface area (Å²) in [6, 6.07) is 1.02. The van der Waals surface area contributed by atoms with Crippen LogP contribution in [-0.2, 0) is 10.2 Å². The molecular weight excluding hydrogens is 271 g/mol. The number of aromatic hydroxyl groups is 1. The molecule has 1 aromatic carbocycles. The van der Waals surface area contributed by atoms with Crippen LogP contribution < -0.4 is 0 Å². The molecule has 2 N–H and O–H groups in total. The lowest BCUT2D eigenvalue weighted by molar-refractivity contribution is -0.145. The number of carboxylic acid groups (broad SMARTS) is 1. The minimum absolute atomic E-state index is 0.135. The predicted octanol–water partition coefficient (Wildman–Crippen LogP) is 3.78. The van der Waals surface area contributed by atoms with Gasteiger partial charge in [0.2, 0.25) is 0 Å². The second-order valence-corrected chi connectivity index (χ2v) is 5.54. The lowest BCUT2D eigenvalue weighted by Gasteiger charge is -2.35. The molecule has 1 aliphatic rings. The summed E-state index contributed by atoms with van der Waals surface area (Å²) in [5.74, 6) is -1.90. The maximum absolute atomic E-state index is 13.8. The smallest absolute Gasteiger partial charge is 0.314 e. The van der Waals surface area contributed by atoms with Gasteiger partial charge in [0.05, 0.1) is 10.4 Å². The van der Waals surface area contributed by atoms with Crippen molar-refractivity contribution in [2.45, 2.75) is 44.4 Å². The summed E-state index contributed by atoms with van der Waals surface area (Å²) in [6.45, 7) is 1.49. The molecule has 2 rings (SSSR count). The largest absolute Gasteiger partial charge is 0.506 e. The van der Waals surface area contributed by atoms with E-state index in [0.717, 1.165) is 25.3 Å². The van der Waals surface area contributed by atoms with Crippen molar-refractivity contribution in [1.82, 2.24) is 0 Å².